The Morgan fingerprint density at radius 3 is 2.35 bits per heavy atom. The predicted octanol–water partition coefficient (Wildman–Crippen LogP) is 4.40. The third-order valence-corrected chi connectivity index (χ3v) is 4.20. The highest BCUT2D eigenvalue weighted by molar-refractivity contribution is 5.92. The van der Waals surface area contributed by atoms with Crippen molar-refractivity contribution in [3.63, 3.8) is 0 Å². The van der Waals surface area contributed by atoms with Gasteiger partial charge in [-0.1, -0.05) is 32.0 Å². The molecule has 3 heteroatoms. The highest BCUT2D eigenvalue weighted by atomic mass is 16.1. The van der Waals surface area contributed by atoms with Gasteiger partial charge in [0.1, 0.15) is 6.54 Å². The molecule has 0 saturated heterocycles. The molecule has 0 saturated carbocycles. The van der Waals surface area contributed by atoms with Crippen LogP contribution in [0.2, 0.25) is 0 Å². The Morgan fingerprint density at radius 1 is 0.957 bits per heavy atom. The van der Waals surface area contributed by atoms with Gasteiger partial charge in [0.2, 0.25) is 5.91 Å². The zero-order chi connectivity index (χ0) is 16.2. The van der Waals surface area contributed by atoms with Crippen molar-refractivity contribution in [3.8, 4) is 0 Å². The monoisotopic (exact) mass is 306 g/mol. The zero-order valence-electron chi connectivity index (χ0n) is 13.7. The van der Waals surface area contributed by atoms with Crippen LogP contribution in [0.15, 0.2) is 54.7 Å². The van der Waals surface area contributed by atoms with Crippen molar-refractivity contribution in [1.82, 2.24) is 4.57 Å². The molecule has 0 fully saturated rings. The lowest BCUT2D eigenvalue weighted by atomic mass is 10.1. The topological polar surface area (TPSA) is 34.0 Å². The first-order valence-corrected chi connectivity index (χ1v) is 8.16. The maximum absolute atomic E-state index is 12.3. The minimum atomic E-state index is -0.00804. The molecule has 0 spiro atoms. The summed E-state index contributed by atoms with van der Waals surface area (Å²) in [4.78, 5) is 12.3. The van der Waals surface area contributed by atoms with Gasteiger partial charge in [0, 0.05) is 17.4 Å². The van der Waals surface area contributed by atoms with Crippen molar-refractivity contribution >= 4 is 22.5 Å². The van der Waals surface area contributed by atoms with E-state index >= 15 is 0 Å². The molecule has 0 atom stereocenters. The number of rotatable bonds is 5. The summed E-state index contributed by atoms with van der Waals surface area (Å²) in [7, 11) is 0. The highest BCUT2D eigenvalue weighted by Crippen LogP contribution is 2.18. The highest BCUT2D eigenvalue weighted by Gasteiger charge is 2.07. The Kier molecular flexibility index (Phi) is 4.47. The van der Waals surface area contributed by atoms with Crippen molar-refractivity contribution in [2.75, 3.05) is 5.32 Å². The minimum Gasteiger partial charge on any atom is -0.338 e. The summed E-state index contributed by atoms with van der Waals surface area (Å²) in [5.74, 6) is -0.00804. The predicted molar refractivity (Wildman–Crippen MR) is 95.8 cm³/mol. The molecule has 118 valence electrons. The normalized spacial score (nSPS) is 10.9. The van der Waals surface area contributed by atoms with Gasteiger partial charge in [-0.2, -0.15) is 0 Å². The number of amides is 1. The molecule has 0 bridgehead atoms. The van der Waals surface area contributed by atoms with Gasteiger partial charge < -0.3 is 9.88 Å². The second-order valence-corrected chi connectivity index (χ2v) is 5.79. The van der Waals surface area contributed by atoms with Crippen LogP contribution >= 0.6 is 0 Å². The molecule has 0 aliphatic heterocycles. The van der Waals surface area contributed by atoms with Crippen molar-refractivity contribution in [1.29, 1.82) is 0 Å². The Hall–Kier alpha value is -2.55. The quantitative estimate of drug-likeness (QED) is 0.744. The standard InChI is InChI=1S/C20H22N2O/c1-3-15-5-8-18(9-6-15)21-20(23)14-22-12-11-17-13-16(4-2)7-10-19(17)22/h5-13H,3-4,14H2,1-2H3,(H,21,23). The van der Waals surface area contributed by atoms with E-state index in [1.54, 1.807) is 0 Å². The second kappa shape index (κ2) is 6.69. The number of carbonyl (C=O) groups is 1. The molecular weight excluding hydrogens is 284 g/mol. The molecule has 1 amide bonds. The fourth-order valence-electron chi connectivity index (χ4n) is 2.79. The zero-order valence-corrected chi connectivity index (χ0v) is 13.7. The lowest BCUT2D eigenvalue weighted by Crippen LogP contribution is -2.18. The SMILES string of the molecule is CCc1ccc(NC(=O)Cn2ccc3cc(CC)ccc32)cc1. The smallest absolute Gasteiger partial charge is 0.244 e. The summed E-state index contributed by atoms with van der Waals surface area (Å²) in [5, 5.41) is 4.14. The van der Waals surface area contributed by atoms with Crippen LogP contribution in [0.25, 0.3) is 10.9 Å². The first-order valence-electron chi connectivity index (χ1n) is 8.16. The number of fused-ring (bicyclic) bond motifs is 1. The molecule has 0 aliphatic carbocycles. The number of hydrogen-bond acceptors (Lipinski definition) is 1. The van der Waals surface area contributed by atoms with Gasteiger partial charge in [0.25, 0.3) is 0 Å². The summed E-state index contributed by atoms with van der Waals surface area (Å²) < 4.78 is 1.99. The van der Waals surface area contributed by atoms with Crippen LogP contribution in [-0.2, 0) is 24.2 Å². The van der Waals surface area contributed by atoms with Crippen LogP contribution in [0.3, 0.4) is 0 Å². The van der Waals surface area contributed by atoms with Crippen LogP contribution in [-0.4, -0.2) is 10.5 Å². The molecule has 3 rings (SSSR count). The fraction of sp³-hybridized carbons (Fsp3) is 0.250. The van der Waals surface area contributed by atoms with Crippen molar-refractivity contribution in [3.05, 3.63) is 65.9 Å². The molecule has 1 heterocycles. The number of aromatic nitrogens is 1. The van der Waals surface area contributed by atoms with E-state index in [4.69, 9.17) is 0 Å². The third-order valence-electron chi connectivity index (χ3n) is 4.20. The molecular formula is C20H22N2O. The van der Waals surface area contributed by atoms with Gasteiger partial charge >= 0.3 is 0 Å². The fourth-order valence-corrected chi connectivity index (χ4v) is 2.79. The van der Waals surface area contributed by atoms with Crippen molar-refractivity contribution in [2.24, 2.45) is 0 Å². The maximum atomic E-state index is 12.3. The van der Waals surface area contributed by atoms with Gasteiger partial charge in [0.15, 0.2) is 0 Å². The summed E-state index contributed by atoms with van der Waals surface area (Å²) in [6.45, 7) is 4.59. The van der Waals surface area contributed by atoms with Crippen LogP contribution in [0, 0.1) is 0 Å². The van der Waals surface area contributed by atoms with E-state index in [0.29, 0.717) is 6.54 Å². The minimum absolute atomic E-state index is 0.00804. The molecule has 1 N–H and O–H groups in total. The first-order chi connectivity index (χ1) is 11.2. The summed E-state index contributed by atoms with van der Waals surface area (Å²) in [5.41, 5.74) is 4.53. The number of nitrogens with zero attached hydrogens (tertiary/aromatic N) is 1. The van der Waals surface area contributed by atoms with Crippen LogP contribution in [0.5, 0.6) is 0 Å². The Labute approximate surface area is 136 Å². The maximum Gasteiger partial charge on any atom is 0.244 e. The number of aryl methyl sites for hydroxylation is 2. The van der Waals surface area contributed by atoms with E-state index in [1.807, 2.05) is 35.0 Å². The van der Waals surface area contributed by atoms with E-state index in [9.17, 15) is 4.79 Å². The average molecular weight is 306 g/mol. The lowest BCUT2D eigenvalue weighted by Gasteiger charge is -2.08. The molecule has 0 radical (unpaired) electrons. The van der Waals surface area contributed by atoms with Crippen LogP contribution in [0.4, 0.5) is 5.69 Å². The molecule has 2 aromatic carbocycles. The first kappa shape index (κ1) is 15.3. The van der Waals surface area contributed by atoms with E-state index < -0.39 is 0 Å². The Bertz CT molecular complexity index is 815. The Morgan fingerprint density at radius 2 is 1.65 bits per heavy atom. The third kappa shape index (κ3) is 3.45. The van der Waals surface area contributed by atoms with E-state index in [2.05, 4.69) is 43.4 Å². The summed E-state index contributed by atoms with van der Waals surface area (Å²) in [6, 6.07) is 16.5. The lowest BCUT2D eigenvalue weighted by molar-refractivity contribution is -0.116. The average Bonchev–Trinajstić information content (AvgIpc) is 2.97. The van der Waals surface area contributed by atoms with Gasteiger partial charge in [0.05, 0.1) is 0 Å². The summed E-state index contributed by atoms with van der Waals surface area (Å²) >= 11 is 0. The van der Waals surface area contributed by atoms with E-state index in [1.165, 1.54) is 16.5 Å². The number of anilines is 1. The number of benzene rings is 2. The molecule has 23 heavy (non-hydrogen) atoms. The summed E-state index contributed by atoms with van der Waals surface area (Å²) in [6.07, 6.45) is 4.00. The number of hydrogen-bond donors (Lipinski definition) is 1. The van der Waals surface area contributed by atoms with Crippen LogP contribution in [0.1, 0.15) is 25.0 Å². The second-order valence-electron chi connectivity index (χ2n) is 5.79. The number of carbonyl (C=O) groups excluding carboxylic acids is 1. The van der Waals surface area contributed by atoms with Gasteiger partial charge in [-0.3, -0.25) is 4.79 Å². The Balaban J connectivity index is 1.72. The number of nitrogens with one attached hydrogen (secondary N) is 1. The molecule has 3 nitrogen and oxygen atoms in total. The molecule has 0 aliphatic rings. The van der Waals surface area contributed by atoms with Crippen molar-refractivity contribution < 1.29 is 4.79 Å². The molecule has 1 aromatic heterocycles. The van der Waals surface area contributed by atoms with Gasteiger partial charge in [-0.05, 0) is 59.7 Å². The molecule has 3 aromatic rings. The molecule has 0 unspecified atom stereocenters. The van der Waals surface area contributed by atoms with Crippen molar-refractivity contribution in [2.45, 2.75) is 33.2 Å². The van der Waals surface area contributed by atoms with E-state index in [-0.39, 0.29) is 5.91 Å². The van der Waals surface area contributed by atoms with Gasteiger partial charge in [-0.25, -0.2) is 0 Å². The van der Waals surface area contributed by atoms with E-state index in [0.717, 1.165) is 24.0 Å². The largest absolute Gasteiger partial charge is 0.338 e. The van der Waals surface area contributed by atoms with Crippen LogP contribution < -0.4 is 5.32 Å². The van der Waals surface area contributed by atoms with Gasteiger partial charge in [-0.15, -0.1) is 0 Å².